The third-order valence-electron chi connectivity index (χ3n) is 4.33. The predicted octanol–water partition coefficient (Wildman–Crippen LogP) is 2.38. The molecule has 1 aliphatic rings. The zero-order valence-electron chi connectivity index (χ0n) is 13.5. The van der Waals surface area contributed by atoms with Crippen LogP contribution in [-0.2, 0) is 0 Å². The van der Waals surface area contributed by atoms with Crippen LogP contribution in [0.2, 0.25) is 0 Å². The van der Waals surface area contributed by atoms with Gasteiger partial charge in [-0.15, -0.1) is 0 Å². The number of nitrogens with zero attached hydrogens (tertiary/aromatic N) is 2. The van der Waals surface area contributed by atoms with Crippen LogP contribution < -0.4 is 5.32 Å². The standard InChI is InChI=1S/C16H23N3O4/c1-11-5-6-14(8-15(11)19(22)23)12(2)17-16(21)18-7-3-4-13(9-18)10-20/h5-6,8,12-13,20H,3-4,7,9-10H2,1-2H3,(H,17,21). The lowest BCUT2D eigenvalue weighted by Gasteiger charge is -2.32. The highest BCUT2D eigenvalue weighted by Crippen LogP contribution is 2.23. The molecule has 0 aliphatic carbocycles. The van der Waals surface area contributed by atoms with E-state index in [1.165, 1.54) is 6.07 Å². The summed E-state index contributed by atoms with van der Waals surface area (Å²) in [5, 5.41) is 23.1. The van der Waals surface area contributed by atoms with Crippen LogP contribution in [0.3, 0.4) is 0 Å². The summed E-state index contributed by atoms with van der Waals surface area (Å²) < 4.78 is 0. The van der Waals surface area contributed by atoms with Crippen molar-refractivity contribution < 1.29 is 14.8 Å². The minimum absolute atomic E-state index is 0.0573. The minimum atomic E-state index is -0.413. The Hall–Kier alpha value is -2.15. The quantitative estimate of drug-likeness (QED) is 0.657. The Morgan fingerprint density at radius 3 is 2.96 bits per heavy atom. The molecule has 1 saturated heterocycles. The summed E-state index contributed by atoms with van der Waals surface area (Å²) in [4.78, 5) is 24.6. The molecule has 126 valence electrons. The monoisotopic (exact) mass is 321 g/mol. The fourth-order valence-corrected chi connectivity index (χ4v) is 2.85. The summed E-state index contributed by atoms with van der Waals surface area (Å²) in [6, 6.07) is 4.47. The molecule has 2 unspecified atom stereocenters. The molecule has 7 heteroatoms. The number of nitro groups is 1. The Balaban J connectivity index is 2.03. The molecule has 2 amide bonds. The number of hydrogen-bond donors (Lipinski definition) is 2. The topological polar surface area (TPSA) is 95.7 Å². The maximum Gasteiger partial charge on any atom is 0.317 e. The number of aryl methyl sites for hydroxylation is 1. The van der Waals surface area contributed by atoms with Gasteiger partial charge in [-0.05, 0) is 38.2 Å². The highest BCUT2D eigenvalue weighted by molar-refractivity contribution is 5.74. The second-order valence-electron chi connectivity index (χ2n) is 6.11. The first-order valence-corrected chi connectivity index (χ1v) is 7.83. The van der Waals surface area contributed by atoms with E-state index in [4.69, 9.17) is 0 Å². The van der Waals surface area contributed by atoms with E-state index in [0.29, 0.717) is 24.2 Å². The first-order valence-electron chi connectivity index (χ1n) is 7.83. The molecule has 1 aliphatic heterocycles. The van der Waals surface area contributed by atoms with Crippen LogP contribution in [0.4, 0.5) is 10.5 Å². The van der Waals surface area contributed by atoms with Gasteiger partial charge in [-0.2, -0.15) is 0 Å². The van der Waals surface area contributed by atoms with Crippen LogP contribution in [0.15, 0.2) is 18.2 Å². The largest absolute Gasteiger partial charge is 0.396 e. The van der Waals surface area contributed by atoms with Crippen LogP contribution in [0, 0.1) is 23.0 Å². The van der Waals surface area contributed by atoms with Gasteiger partial charge >= 0.3 is 6.03 Å². The Morgan fingerprint density at radius 2 is 2.30 bits per heavy atom. The van der Waals surface area contributed by atoms with E-state index in [1.54, 1.807) is 30.9 Å². The minimum Gasteiger partial charge on any atom is -0.396 e. The Labute approximate surface area is 135 Å². The fraction of sp³-hybridized carbons (Fsp3) is 0.562. The average Bonchev–Trinajstić information content (AvgIpc) is 2.54. The van der Waals surface area contributed by atoms with E-state index in [1.807, 2.05) is 0 Å². The van der Waals surface area contributed by atoms with Crippen LogP contribution in [0.1, 0.15) is 36.9 Å². The highest BCUT2D eigenvalue weighted by Gasteiger charge is 2.24. The van der Waals surface area contributed by atoms with Crippen LogP contribution in [0.25, 0.3) is 0 Å². The van der Waals surface area contributed by atoms with Crippen molar-refractivity contribution in [3.8, 4) is 0 Å². The van der Waals surface area contributed by atoms with Crippen molar-refractivity contribution >= 4 is 11.7 Å². The first-order chi connectivity index (χ1) is 10.9. The summed E-state index contributed by atoms with van der Waals surface area (Å²) in [5.41, 5.74) is 1.35. The molecule has 2 rings (SSSR count). The summed E-state index contributed by atoms with van der Waals surface area (Å²) in [6.45, 7) is 4.80. The molecule has 1 fully saturated rings. The number of carbonyl (C=O) groups excluding carboxylic acids is 1. The van der Waals surface area contributed by atoms with E-state index in [-0.39, 0.29) is 30.3 Å². The zero-order chi connectivity index (χ0) is 17.0. The lowest BCUT2D eigenvalue weighted by Crippen LogP contribution is -2.46. The van der Waals surface area contributed by atoms with Gasteiger partial charge in [0.25, 0.3) is 5.69 Å². The van der Waals surface area contributed by atoms with Gasteiger partial charge in [-0.3, -0.25) is 10.1 Å². The molecular formula is C16H23N3O4. The van der Waals surface area contributed by atoms with E-state index in [2.05, 4.69) is 5.32 Å². The molecule has 2 atom stereocenters. The van der Waals surface area contributed by atoms with Crippen LogP contribution in [-0.4, -0.2) is 40.7 Å². The van der Waals surface area contributed by atoms with E-state index < -0.39 is 4.92 Å². The zero-order valence-corrected chi connectivity index (χ0v) is 13.5. The maximum absolute atomic E-state index is 12.3. The predicted molar refractivity (Wildman–Crippen MR) is 86.2 cm³/mol. The molecule has 0 aromatic heterocycles. The molecule has 0 bridgehead atoms. The summed E-state index contributed by atoms with van der Waals surface area (Å²) in [7, 11) is 0. The Bertz CT molecular complexity index is 591. The van der Waals surface area contributed by atoms with Crippen molar-refractivity contribution in [2.75, 3.05) is 19.7 Å². The van der Waals surface area contributed by atoms with Gasteiger partial charge in [-0.1, -0.05) is 12.1 Å². The third-order valence-corrected chi connectivity index (χ3v) is 4.33. The van der Waals surface area contributed by atoms with E-state index in [0.717, 1.165) is 12.8 Å². The van der Waals surface area contributed by atoms with Crippen molar-refractivity contribution in [3.05, 3.63) is 39.4 Å². The fourth-order valence-electron chi connectivity index (χ4n) is 2.85. The van der Waals surface area contributed by atoms with Crippen molar-refractivity contribution in [2.45, 2.75) is 32.7 Å². The number of nitro benzene ring substituents is 1. The van der Waals surface area contributed by atoms with Gasteiger partial charge < -0.3 is 15.3 Å². The molecular weight excluding hydrogens is 298 g/mol. The van der Waals surface area contributed by atoms with Crippen molar-refractivity contribution in [1.29, 1.82) is 0 Å². The maximum atomic E-state index is 12.3. The van der Waals surface area contributed by atoms with E-state index >= 15 is 0 Å². The van der Waals surface area contributed by atoms with Gasteiger partial charge in [-0.25, -0.2) is 4.79 Å². The Morgan fingerprint density at radius 1 is 1.57 bits per heavy atom. The van der Waals surface area contributed by atoms with Crippen LogP contribution >= 0.6 is 0 Å². The molecule has 7 nitrogen and oxygen atoms in total. The number of aliphatic hydroxyl groups excluding tert-OH is 1. The van der Waals surface area contributed by atoms with Crippen molar-refractivity contribution in [1.82, 2.24) is 10.2 Å². The number of benzene rings is 1. The molecule has 1 aromatic rings. The van der Waals surface area contributed by atoms with Gasteiger partial charge in [0.05, 0.1) is 11.0 Å². The number of piperidine rings is 1. The molecule has 0 saturated carbocycles. The normalized spacial score (nSPS) is 19.3. The van der Waals surface area contributed by atoms with Crippen molar-refractivity contribution in [2.24, 2.45) is 5.92 Å². The lowest BCUT2D eigenvalue weighted by molar-refractivity contribution is -0.385. The summed E-state index contributed by atoms with van der Waals surface area (Å²) in [6.07, 6.45) is 1.81. The smallest absolute Gasteiger partial charge is 0.317 e. The summed E-state index contributed by atoms with van der Waals surface area (Å²) >= 11 is 0. The second kappa shape index (κ2) is 7.41. The number of carbonyl (C=O) groups is 1. The van der Waals surface area contributed by atoms with Crippen LogP contribution in [0.5, 0.6) is 0 Å². The number of amides is 2. The lowest BCUT2D eigenvalue weighted by atomic mass is 9.99. The number of hydrogen-bond acceptors (Lipinski definition) is 4. The number of urea groups is 1. The molecule has 0 spiro atoms. The Kier molecular flexibility index (Phi) is 5.54. The highest BCUT2D eigenvalue weighted by atomic mass is 16.6. The first kappa shape index (κ1) is 17.2. The van der Waals surface area contributed by atoms with Gasteiger partial charge in [0.1, 0.15) is 0 Å². The number of nitrogens with one attached hydrogen (secondary N) is 1. The SMILES string of the molecule is Cc1ccc(C(C)NC(=O)N2CCCC(CO)C2)cc1[N+](=O)[O-]. The number of aliphatic hydroxyl groups is 1. The molecule has 1 heterocycles. The van der Waals surface area contributed by atoms with E-state index in [9.17, 15) is 20.0 Å². The molecule has 0 radical (unpaired) electrons. The summed E-state index contributed by atoms with van der Waals surface area (Å²) in [5.74, 6) is 0.130. The number of rotatable bonds is 4. The second-order valence-corrected chi connectivity index (χ2v) is 6.11. The molecule has 2 N–H and O–H groups in total. The van der Waals surface area contributed by atoms with Gasteiger partial charge in [0.2, 0.25) is 0 Å². The van der Waals surface area contributed by atoms with Gasteiger partial charge in [0, 0.05) is 31.3 Å². The van der Waals surface area contributed by atoms with Crippen molar-refractivity contribution in [3.63, 3.8) is 0 Å². The third kappa shape index (κ3) is 4.19. The molecule has 1 aromatic carbocycles. The van der Waals surface area contributed by atoms with Gasteiger partial charge in [0.15, 0.2) is 0 Å². The average molecular weight is 321 g/mol. The molecule has 23 heavy (non-hydrogen) atoms. The number of likely N-dealkylation sites (tertiary alicyclic amines) is 1.